The Morgan fingerprint density at radius 1 is 1.15 bits per heavy atom. The molecule has 8 heteroatoms. The third-order valence-corrected chi connectivity index (χ3v) is 5.68. The molecular weight excluding hydrogens is 382 g/mol. The van der Waals surface area contributed by atoms with Crippen molar-refractivity contribution in [3.63, 3.8) is 0 Å². The molecule has 0 spiro atoms. The maximum absolute atomic E-state index is 12.4. The molecule has 0 aliphatic carbocycles. The molecule has 2 heterocycles. The van der Waals surface area contributed by atoms with Gasteiger partial charge in [0.2, 0.25) is 5.91 Å². The third-order valence-electron chi connectivity index (χ3n) is 3.66. The van der Waals surface area contributed by atoms with Gasteiger partial charge in [-0.1, -0.05) is 30.3 Å². The summed E-state index contributed by atoms with van der Waals surface area (Å²) < 4.78 is 4.90. The summed E-state index contributed by atoms with van der Waals surface area (Å²) in [6, 6.07) is 9.90. The number of nitrogens with zero attached hydrogens (tertiary/aromatic N) is 2. The van der Waals surface area contributed by atoms with Gasteiger partial charge in [-0.05, 0) is 13.8 Å². The highest BCUT2D eigenvalue weighted by Crippen LogP contribution is 2.28. The number of anilines is 1. The molecule has 2 aromatic heterocycles. The lowest BCUT2D eigenvalue weighted by Crippen LogP contribution is -2.14. The van der Waals surface area contributed by atoms with Crippen LogP contribution in [0.3, 0.4) is 0 Å². The van der Waals surface area contributed by atoms with E-state index in [9.17, 15) is 9.59 Å². The van der Waals surface area contributed by atoms with Gasteiger partial charge >= 0.3 is 5.97 Å². The van der Waals surface area contributed by atoms with Gasteiger partial charge in [0.05, 0.1) is 30.8 Å². The Hall–Kier alpha value is -2.58. The first kappa shape index (κ1) is 19.2. The van der Waals surface area contributed by atoms with Crippen molar-refractivity contribution in [1.82, 2.24) is 9.97 Å². The van der Waals surface area contributed by atoms with Crippen molar-refractivity contribution < 1.29 is 14.3 Å². The first-order chi connectivity index (χ1) is 13.0. The Bertz CT molecular complexity index is 935. The lowest BCUT2D eigenvalue weighted by molar-refractivity contribution is -0.142. The molecule has 3 aromatic rings. The number of thiazole rings is 2. The van der Waals surface area contributed by atoms with E-state index in [1.54, 1.807) is 12.3 Å². The van der Waals surface area contributed by atoms with Gasteiger partial charge in [-0.15, -0.1) is 22.7 Å². The van der Waals surface area contributed by atoms with Crippen molar-refractivity contribution in [2.45, 2.75) is 26.7 Å². The Kier molecular flexibility index (Phi) is 6.31. The molecule has 1 N–H and O–H groups in total. The van der Waals surface area contributed by atoms with E-state index in [-0.39, 0.29) is 24.7 Å². The van der Waals surface area contributed by atoms with E-state index < -0.39 is 0 Å². The van der Waals surface area contributed by atoms with Crippen molar-refractivity contribution in [3.8, 4) is 10.6 Å². The number of carbonyl (C=O) groups is 2. The smallest absolute Gasteiger partial charge is 0.311 e. The number of aryl methyl sites for hydroxylation is 1. The lowest BCUT2D eigenvalue weighted by atomic mass is 10.2. The molecule has 0 bridgehead atoms. The van der Waals surface area contributed by atoms with Crippen LogP contribution in [0.4, 0.5) is 5.13 Å². The SMILES string of the molecule is CCOC(=O)Cc1csc(NC(=O)Cc2sc(-c3ccccc3)nc2C)n1. The lowest BCUT2D eigenvalue weighted by Gasteiger charge is -2.01. The minimum atomic E-state index is -0.325. The molecule has 6 nitrogen and oxygen atoms in total. The predicted octanol–water partition coefficient (Wildman–Crippen LogP) is 3.86. The maximum Gasteiger partial charge on any atom is 0.311 e. The van der Waals surface area contributed by atoms with Crippen molar-refractivity contribution in [1.29, 1.82) is 0 Å². The van der Waals surface area contributed by atoms with Crippen LogP contribution in [0.1, 0.15) is 23.2 Å². The molecule has 3 rings (SSSR count). The summed E-state index contributed by atoms with van der Waals surface area (Å²) in [5, 5.41) is 5.92. The van der Waals surface area contributed by atoms with E-state index in [1.165, 1.54) is 22.7 Å². The molecule has 0 atom stereocenters. The van der Waals surface area contributed by atoms with Crippen molar-refractivity contribution in [3.05, 3.63) is 52.0 Å². The highest BCUT2D eigenvalue weighted by atomic mass is 32.1. The van der Waals surface area contributed by atoms with Gasteiger partial charge in [0, 0.05) is 15.8 Å². The van der Waals surface area contributed by atoms with E-state index in [1.807, 2.05) is 37.3 Å². The third kappa shape index (κ3) is 5.21. The van der Waals surface area contributed by atoms with E-state index in [4.69, 9.17) is 4.74 Å². The minimum Gasteiger partial charge on any atom is -0.466 e. The summed E-state index contributed by atoms with van der Waals surface area (Å²) in [6.07, 6.45) is 0.345. The largest absolute Gasteiger partial charge is 0.466 e. The first-order valence-electron chi connectivity index (χ1n) is 8.46. The molecule has 1 amide bonds. The number of aromatic nitrogens is 2. The van der Waals surface area contributed by atoms with E-state index in [0.717, 1.165) is 21.1 Å². The van der Waals surface area contributed by atoms with Crippen LogP contribution in [0, 0.1) is 6.92 Å². The summed E-state index contributed by atoms with van der Waals surface area (Å²) in [4.78, 5) is 33.6. The number of hydrogen-bond donors (Lipinski definition) is 1. The molecule has 0 saturated carbocycles. The van der Waals surface area contributed by atoms with Gasteiger partial charge < -0.3 is 10.1 Å². The molecule has 0 unspecified atom stereocenters. The topological polar surface area (TPSA) is 81.2 Å². The first-order valence-corrected chi connectivity index (χ1v) is 10.2. The molecule has 0 fully saturated rings. The van der Waals surface area contributed by atoms with Crippen LogP contribution in [0.2, 0.25) is 0 Å². The number of rotatable bonds is 7. The Morgan fingerprint density at radius 3 is 2.67 bits per heavy atom. The highest BCUT2D eigenvalue weighted by Gasteiger charge is 2.15. The monoisotopic (exact) mass is 401 g/mol. The maximum atomic E-state index is 12.4. The second-order valence-electron chi connectivity index (χ2n) is 5.74. The number of hydrogen-bond acceptors (Lipinski definition) is 7. The summed E-state index contributed by atoms with van der Waals surface area (Å²) in [6.45, 7) is 4.01. The summed E-state index contributed by atoms with van der Waals surface area (Å²) in [7, 11) is 0. The fourth-order valence-corrected chi connectivity index (χ4v) is 4.20. The number of benzene rings is 1. The fraction of sp³-hybridized carbons (Fsp3) is 0.263. The Morgan fingerprint density at radius 2 is 1.93 bits per heavy atom. The second kappa shape index (κ2) is 8.88. The summed E-state index contributed by atoms with van der Waals surface area (Å²) >= 11 is 2.81. The molecule has 140 valence electrons. The zero-order chi connectivity index (χ0) is 19.2. The number of esters is 1. The Balaban J connectivity index is 1.61. The zero-order valence-corrected chi connectivity index (χ0v) is 16.7. The van der Waals surface area contributed by atoms with Gasteiger partial charge in [-0.3, -0.25) is 9.59 Å². The molecule has 0 radical (unpaired) electrons. The number of nitrogens with one attached hydrogen (secondary N) is 1. The molecule has 0 saturated heterocycles. The molecule has 1 aromatic carbocycles. The second-order valence-corrected chi connectivity index (χ2v) is 7.69. The fourth-order valence-electron chi connectivity index (χ4n) is 2.41. The van der Waals surface area contributed by atoms with Crippen LogP contribution in [0.5, 0.6) is 0 Å². The van der Waals surface area contributed by atoms with Crippen LogP contribution in [0.15, 0.2) is 35.7 Å². The molecule has 0 aliphatic rings. The molecule has 0 aliphatic heterocycles. The number of ether oxygens (including phenoxy) is 1. The number of carbonyl (C=O) groups excluding carboxylic acids is 2. The van der Waals surface area contributed by atoms with Gasteiger partial charge in [0.25, 0.3) is 0 Å². The van der Waals surface area contributed by atoms with Crippen LogP contribution in [-0.2, 0) is 27.2 Å². The average Bonchev–Trinajstić information content (AvgIpc) is 3.22. The van der Waals surface area contributed by atoms with Crippen molar-refractivity contribution in [2.75, 3.05) is 11.9 Å². The zero-order valence-electron chi connectivity index (χ0n) is 15.0. The molecular formula is C19H19N3O3S2. The van der Waals surface area contributed by atoms with Gasteiger partial charge in [0.15, 0.2) is 5.13 Å². The minimum absolute atomic E-state index is 0.106. The number of amides is 1. The highest BCUT2D eigenvalue weighted by molar-refractivity contribution is 7.15. The van der Waals surface area contributed by atoms with Gasteiger partial charge in [-0.25, -0.2) is 9.97 Å². The van der Waals surface area contributed by atoms with E-state index in [0.29, 0.717) is 17.4 Å². The average molecular weight is 402 g/mol. The summed E-state index contributed by atoms with van der Waals surface area (Å²) in [5.74, 6) is -0.479. The summed E-state index contributed by atoms with van der Waals surface area (Å²) in [5.41, 5.74) is 2.49. The van der Waals surface area contributed by atoms with Crippen LogP contribution in [0.25, 0.3) is 10.6 Å². The van der Waals surface area contributed by atoms with Gasteiger partial charge in [0.1, 0.15) is 5.01 Å². The quantitative estimate of drug-likeness (QED) is 0.608. The van der Waals surface area contributed by atoms with Crippen molar-refractivity contribution in [2.24, 2.45) is 0 Å². The standard InChI is InChI=1S/C19H19N3O3S2/c1-3-25-17(24)9-14-11-26-19(21-14)22-16(23)10-15-12(2)20-18(27-15)13-7-5-4-6-8-13/h4-8,11H,3,9-10H2,1-2H3,(H,21,22,23). The van der Waals surface area contributed by atoms with E-state index >= 15 is 0 Å². The van der Waals surface area contributed by atoms with Crippen LogP contribution < -0.4 is 5.32 Å². The van der Waals surface area contributed by atoms with Crippen molar-refractivity contribution >= 4 is 39.7 Å². The Labute approximate surface area is 165 Å². The van der Waals surface area contributed by atoms with Crippen LogP contribution >= 0.6 is 22.7 Å². The predicted molar refractivity (Wildman–Crippen MR) is 107 cm³/mol. The van der Waals surface area contributed by atoms with Gasteiger partial charge in [-0.2, -0.15) is 0 Å². The normalized spacial score (nSPS) is 10.6. The van der Waals surface area contributed by atoms with E-state index in [2.05, 4.69) is 15.3 Å². The van der Waals surface area contributed by atoms with Crippen LogP contribution in [-0.4, -0.2) is 28.5 Å². The molecule has 27 heavy (non-hydrogen) atoms.